The maximum atomic E-state index is 11.7. The molecule has 0 fully saturated rings. The average Bonchev–Trinajstić information content (AvgIpc) is 2.83. The molecule has 0 aliphatic carbocycles. The molecule has 0 amide bonds. The molecule has 0 spiro atoms. The minimum atomic E-state index is 0.201. The van der Waals surface area contributed by atoms with Crippen molar-refractivity contribution in [2.24, 2.45) is 0 Å². The van der Waals surface area contributed by atoms with E-state index in [1.807, 2.05) is 42.5 Å². The second-order valence-corrected chi connectivity index (χ2v) is 3.72. The van der Waals surface area contributed by atoms with Crippen molar-refractivity contribution in [2.45, 2.75) is 19.3 Å². The SMILES string of the molecule is O=C(CCCc1ccco1)c1ccccc1. The van der Waals surface area contributed by atoms with Crippen molar-refractivity contribution in [3.8, 4) is 0 Å². The summed E-state index contributed by atoms with van der Waals surface area (Å²) in [5.74, 6) is 1.15. The number of carbonyl (C=O) groups is 1. The number of hydrogen-bond donors (Lipinski definition) is 0. The lowest BCUT2D eigenvalue weighted by atomic mass is 10.1. The third-order valence-corrected chi connectivity index (χ3v) is 2.50. The average molecular weight is 214 g/mol. The van der Waals surface area contributed by atoms with E-state index in [0.717, 1.165) is 24.2 Å². The summed E-state index contributed by atoms with van der Waals surface area (Å²) in [7, 11) is 0. The predicted molar refractivity (Wildman–Crippen MR) is 62.4 cm³/mol. The molecule has 0 saturated carbocycles. The van der Waals surface area contributed by atoms with Crippen molar-refractivity contribution in [1.29, 1.82) is 0 Å². The molecule has 0 unspecified atom stereocenters. The molecule has 0 aliphatic heterocycles. The summed E-state index contributed by atoms with van der Waals surface area (Å²) >= 11 is 0. The van der Waals surface area contributed by atoms with Gasteiger partial charge in [0.25, 0.3) is 0 Å². The van der Waals surface area contributed by atoms with Crippen molar-refractivity contribution in [3.63, 3.8) is 0 Å². The number of rotatable bonds is 5. The van der Waals surface area contributed by atoms with E-state index in [-0.39, 0.29) is 5.78 Å². The van der Waals surface area contributed by atoms with E-state index in [1.54, 1.807) is 6.26 Å². The van der Waals surface area contributed by atoms with Crippen LogP contribution >= 0.6 is 0 Å². The molecule has 1 aromatic carbocycles. The Kier molecular flexibility index (Phi) is 3.54. The first kappa shape index (κ1) is 10.7. The van der Waals surface area contributed by atoms with Crippen LogP contribution in [0.25, 0.3) is 0 Å². The zero-order chi connectivity index (χ0) is 11.2. The van der Waals surface area contributed by atoms with Gasteiger partial charge in [0.1, 0.15) is 5.76 Å². The van der Waals surface area contributed by atoms with E-state index >= 15 is 0 Å². The van der Waals surface area contributed by atoms with Gasteiger partial charge in [-0.15, -0.1) is 0 Å². The quantitative estimate of drug-likeness (QED) is 0.713. The highest BCUT2D eigenvalue weighted by atomic mass is 16.3. The van der Waals surface area contributed by atoms with Gasteiger partial charge in [-0.2, -0.15) is 0 Å². The van der Waals surface area contributed by atoms with Crippen LogP contribution in [0.3, 0.4) is 0 Å². The van der Waals surface area contributed by atoms with Gasteiger partial charge in [0.05, 0.1) is 6.26 Å². The lowest BCUT2D eigenvalue weighted by Gasteiger charge is -1.99. The topological polar surface area (TPSA) is 30.2 Å². The lowest BCUT2D eigenvalue weighted by Crippen LogP contribution is -1.99. The second-order valence-electron chi connectivity index (χ2n) is 3.72. The van der Waals surface area contributed by atoms with E-state index in [2.05, 4.69) is 0 Å². The summed E-state index contributed by atoms with van der Waals surface area (Å²) in [6.07, 6.45) is 3.89. The molecule has 16 heavy (non-hydrogen) atoms. The van der Waals surface area contributed by atoms with Crippen LogP contribution in [-0.2, 0) is 6.42 Å². The summed E-state index contributed by atoms with van der Waals surface area (Å²) in [5, 5.41) is 0. The number of ketones is 1. The van der Waals surface area contributed by atoms with Crippen molar-refractivity contribution in [3.05, 3.63) is 60.1 Å². The number of hydrogen-bond acceptors (Lipinski definition) is 2. The number of Topliss-reactive ketones (excluding diaryl/α,β-unsaturated/α-hetero) is 1. The van der Waals surface area contributed by atoms with Crippen LogP contribution < -0.4 is 0 Å². The second kappa shape index (κ2) is 5.31. The van der Waals surface area contributed by atoms with Gasteiger partial charge in [0.15, 0.2) is 5.78 Å². The molecule has 1 heterocycles. The van der Waals surface area contributed by atoms with Crippen molar-refractivity contribution < 1.29 is 9.21 Å². The molecule has 2 nitrogen and oxygen atoms in total. The smallest absolute Gasteiger partial charge is 0.162 e. The highest BCUT2D eigenvalue weighted by Crippen LogP contribution is 2.09. The Hall–Kier alpha value is -1.83. The van der Waals surface area contributed by atoms with Crippen LogP contribution in [0.15, 0.2) is 53.1 Å². The summed E-state index contributed by atoms with van der Waals surface area (Å²) < 4.78 is 5.21. The molecule has 82 valence electrons. The van der Waals surface area contributed by atoms with Gasteiger partial charge in [-0.05, 0) is 18.6 Å². The van der Waals surface area contributed by atoms with Gasteiger partial charge in [-0.1, -0.05) is 30.3 Å². The van der Waals surface area contributed by atoms with E-state index in [9.17, 15) is 4.79 Å². The van der Waals surface area contributed by atoms with Crippen LogP contribution in [0.5, 0.6) is 0 Å². The summed E-state index contributed by atoms with van der Waals surface area (Å²) in [4.78, 5) is 11.7. The minimum Gasteiger partial charge on any atom is -0.469 e. The Labute approximate surface area is 94.9 Å². The van der Waals surface area contributed by atoms with Crippen LogP contribution in [0.1, 0.15) is 29.0 Å². The summed E-state index contributed by atoms with van der Waals surface area (Å²) in [6, 6.07) is 13.2. The van der Waals surface area contributed by atoms with Gasteiger partial charge in [-0.3, -0.25) is 4.79 Å². The number of aryl methyl sites for hydroxylation is 1. The third-order valence-electron chi connectivity index (χ3n) is 2.50. The van der Waals surface area contributed by atoms with Crippen molar-refractivity contribution in [2.75, 3.05) is 0 Å². The van der Waals surface area contributed by atoms with Gasteiger partial charge < -0.3 is 4.42 Å². The van der Waals surface area contributed by atoms with Crippen LogP contribution in [0.2, 0.25) is 0 Å². The van der Waals surface area contributed by atoms with Crippen LogP contribution in [-0.4, -0.2) is 5.78 Å². The highest BCUT2D eigenvalue weighted by Gasteiger charge is 2.05. The van der Waals surface area contributed by atoms with E-state index < -0.39 is 0 Å². The molecule has 0 bridgehead atoms. The Bertz CT molecular complexity index is 429. The Morgan fingerprint density at radius 2 is 1.88 bits per heavy atom. The third kappa shape index (κ3) is 2.83. The zero-order valence-electron chi connectivity index (χ0n) is 9.06. The molecular weight excluding hydrogens is 200 g/mol. The summed E-state index contributed by atoms with van der Waals surface area (Å²) in [6.45, 7) is 0. The first-order valence-electron chi connectivity index (χ1n) is 5.47. The van der Waals surface area contributed by atoms with Crippen LogP contribution in [0.4, 0.5) is 0 Å². The van der Waals surface area contributed by atoms with Crippen molar-refractivity contribution >= 4 is 5.78 Å². The normalized spacial score (nSPS) is 10.2. The molecule has 2 aromatic rings. The Morgan fingerprint density at radius 1 is 1.06 bits per heavy atom. The first-order valence-corrected chi connectivity index (χ1v) is 5.47. The largest absolute Gasteiger partial charge is 0.469 e. The maximum absolute atomic E-state index is 11.7. The molecule has 2 heteroatoms. The lowest BCUT2D eigenvalue weighted by molar-refractivity contribution is 0.0980. The fraction of sp³-hybridized carbons (Fsp3) is 0.214. The number of furan rings is 1. The van der Waals surface area contributed by atoms with Gasteiger partial charge in [0.2, 0.25) is 0 Å². The van der Waals surface area contributed by atoms with Crippen LogP contribution in [0, 0.1) is 0 Å². The van der Waals surface area contributed by atoms with Gasteiger partial charge in [0, 0.05) is 18.4 Å². The zero-order valence-corrected chi connectivity index (χ0v) is 9.06. The molecular formula is C14H14O2. The fourth-order valence-corrected chi connectivity index (χ4v) is 1.65. The Balaban J connectivity index is 1.81. The standard InChI is InChI=1S/C14H14O2/c15-14(12-6-2-1-3-7-12)10-4-8-13-9-5-11-16-13/h1-3,5-7,9,11H,4,8,10H2. The highest BCUT2D eigenvalue weighted by molar-refractivity contribution is 5.95. The van der Waals surface area contributed by atoms with Gasteiger partial charge >= 0.3 is 0 Å². The molecule has 2 rings (SSSR count). The molecule has 0 saturated heterocycles. The molecule has 0 radical (unpaired) electrons. The Morgan fingerprint density at radius 3 is 2.56 bits per heavy atom. The fourth-order valence-electron chi connectivity index (χ4n) is 1.65. The predicted octanol–water partition coefficient (Wildman–Crippen LogP) is 3.49. The molecule has 0 atom stereocenters. The summed E-state index contributed by atoms with van der Waals surface area (Å²) in [5.41, 5.74) is 0.793. The van der Waals surface area contributed by atoms with E-state index in [1.165, 1.54) is 0 Å². The molecule has 0 N–H and O–H groups in total. The van der Waals surface area contributed by atoms with E-state index in [0.29, 0.717) is 6.42 Å². The number of carbonyl (C=O) groups excluding carboxylic acids is 1. The van der Waals surface area contributed by atoms with Gasteiger partial charge in [-0.25, -0.2) is 0 Å². The van der Waals surface area contributed by atoms with Crippen molar-refractivity contribution in [1.82, 2.24) is 0 Å². The maximum Gasteiger partial charge on any atom is 0.162 e. The first-order chi connectivity index (χ1) is 7.86. The molecule has 1 aromatic heterocycles. The van der Waals surface area contributed by atoms with E-state index in [4.69, 9.17) is 4.42 Å². The number of benzene rings is 1. The molecule has 0 aliphatic rings. The monoisotopic (exact) mass is 214 g/mol. The minimum absolute atomic E-state index is 0.201.